The zero-order valence-corrected chi connectivity index (χ0v) is 53.5. The third kappa shape index (κ3) is 10.2. The summed E-state index contributed by atoms with van der Waals surface area (Å²) in [6.45, 7) is 15.0. The summed E-state index contributed by atoms with van der Waals surface area (Å²) in [5.41, 5.74) is 14.2. The number of pyridine rings is 4. The third-order valence-electron chi connectivity index (χ3n) is 15.4. The molecule has 10 nitrogen and oxygen atoms in total. The molecule has 0 fully saturated rings. The van der Waals surface area contributed by atoms with E-state index in [1.807, 2.05) is 86.0 Å². The summed E-state index contributed by atoms with van der Waals surface area (Å²) in [5.74, 6) is 2.46. The Morgan fingerprint density at radius 2 is 0.632 bits per heavy atom. The molecule has 0 spiro atoms. The van der Waals surface area contributed by atoms with Crippen LogP contribution in [-0.2, 0) is 42.1 Å². The van der Waals surface area contributed by atoms with E-state index in [4.69, 9.17) is 14.5 Å². The molecule has 0 atom stereocenters. The van der Waals surface area contributed by atoms with Crippen LogP contribution in [0, 0.1) is 45.0 Å². The largest absolute Gasteiger partial charge is 2.00 e. The Kier molecular flexibility index (Phi) is 16.2. The zero-order valence-electron chi connectivity index (χ0n) is 49.0. The van der Waals surface area contributed by atoms with Crippen LogP contribution in [-0.4, -0.2) is 37.5 Å². The van der Waals surface area contributed by atoms with E-state index in [9.17, 15) is 0 Å². The molecule has 0 N–H and O–H groups in total. The monoisotopic (exact) mass is 1490 g/mol. The molecule has 0 saturated heterocycles. The van der Waals surface area contributed by atoms with Crippen LogP contribution in [0.3, 0.4) is 0 Å². The number of benzene rings is 9. The quantitative estimate of drug-likeness (QED) is 0.126. The van der Waals surface area contributed by atoms with Crippen molar-refractivity contribution in [2.75, 3.05) is 0 Å². The number of nitrogens with zero attached hydrogens (tertiary/aromatic N) is 8. The number of rotatable bonds is 5. The van der Waals surface area contributed by atoms with Crippen molar-refractivity contribution in [3.8, 4) is 34.1 Å². The fraction of sp³-hybridized carbons (Fsp3) is 0.120. The minimum atomic E-state index is 0. The van der Waals surface area contributed by atoms with Crippen molar-refractivity contribution in [2.24, 2.45) is 0 Å². The number of imidazole rings is 4. The Labute approximate surface area is 532 Å². The molecule has 0 unspecified atom stereocenters. The molecular formula is C75H58N8O2Pt2. The molecule has 17 rings (SSSR count). The van der Waals surface area contributed by atoms with E-state index in [0.717, 1.165) is 109 Å². The average molecular weight is 1490 g/mol. The molecule has 0 bridgehead atoms. The molecule has 8 heterocycles. The van der Waals surface area contributed by atoms with E-state index >= 15 is 0 Å². The van der Waals surface area contributed by atoms with Crippen LogP contribution < -0.4 is 9.47 Å². The van der Waals surface area contributed by atoms with Gasteiger partial charge in [-0.05, 0) is 88.8 Å². The molecule has 0 saturated carbocycles. The van der Waals surface area contributed by atoms with Gasteiger partial charge in [0.25, 0.3) is 0 Å². The summed E-state index contributed by atoms with van der Waals surface area (Å²) in [4.78, 5) is 18.6. The van der Waals surface area contributed by atoms with Crippen LogP contribution in [0.15, 0.2) is 201 Å². The van der Waals surface area contributed by atoms with Crippen molar-refractivity contribution in [2.45, 2.75) is 61.3 Å². The third-order valence-corrected chi connectivity index (χ3v) is 15.4. The van der Waals surface area contributed by atoms with E-state index in [-0.39, 0.29) is 42.1 Å². The van der Waals surface area contributed by atoms with Gasteiger partial charge in [-0.25, -0.2) is 0 Å². The number of aromatic nitrogens is 8. The van der Waals surface area contributed by atoms with E-state index in [1.54, 1.807) is 0 Å². The molecule has 0 amide bonds. The van der Waals surface area contributed by atoms with Gasteiger partial charge in [0.05, 0.1) is 22.6 Å². The standard InChI is InChI=1S/C39H26N4O.C30H16N4O.2C3H8.2Pt/c1-23-18-24(2)37(25(3)19-23)26-8-11-32-30-13-10-28(22-34(30)39-41-15-17-43(39)36(32)20-26)44-27-9-12-29-31-6-4-5-7-35(31)42-16-14-40-38(42)33(29)21-27;1-3-7-27-23(5-1)21-11-9-19(17-25(21)29-31-13-15-33(27)29)35-20-10-12-22-24-6-2-4-8-28(24)34-16-14-32-30(34)26(22)18-20;2*1-3-2;;/h4-20H,1-3H3;1-16H;2*3H2,1-2H3;;/q2*-2;;;2*+2. The van der Waals surface area contributed by atoms with Gasteiger partial charge < -0.3 is 27.1 Å². The maximum atomic E-state index is 6.40. The first-order valence-electron chi connectivity index (χ1n) is 29.0. The van der Waals surface area contributed by atoms with E-state index in [1.165, 1.54) is 40.7 Å². The van der Waals surface area contributed by atoms with Crippen molar-refractivity contribution >= 4 is 109 Å². The molecular weight excluding hydrogens is 1440 g/mol. The molecule has 0 aliphatic heterocycles. The van der Waals surface area contributed by atoms with E-state index in [2.05, 4.69) is 221 Å². The van der Waals surface area contributed by atoms with Crippen molar-refractivity contribution < 1.29 is 51.6 Å². The van der Waals surface area contributed by atoms with Crippen molar-refractivity contribution in [1.82, 2.24) is 37.5 Å². The first-order chi connectivity index (χ1) is 41.7. The Bertz CT molecular complexity index is 5270. The Morgan fingerprint density at radius 1 is 0.345 bits per heavy atom. The normalized spacial score (nSPS) is 11.3. The topological polar surface area (TPSA) is 87.7 Å². The Hall–Kier alpha value is -9.20. The van der Waals surface area contributed by atoms with Gasteiger partial charge in [-0.1, -0.05) is 217 Å². The summed E-state index contributed by atoms with van der Waals surface area (Å²) in [6, 6.07) is 66.4. The number of hydrogen-bond acceptors (Lipinski definition) is 6. The fourth-order valence-corrected chi connectivity index (χ4v) is 12.2. The molecule has 430 valence electrons. The van der Waals surface area contributed by atoms with Gasteiger partial charge in [0.15, 0.2) is 0 Å². The molecule has 12 heteroatoms. The number of hydrogen-bond donors (Lipinski definition) is 0. The minimum Gasteiger partial charge on any atom is -0.497 e. The molecule has 0 aliphatic rings. The zero-order chi connectivity index (χ0) is 57.9. The van der Waals surface area contributed by atoms with E-state index < -0.39 is 0 Å². The van der Waals surface area contributed by atoms with Crippen LogP contribution in [0.4, 0.5) is 0 Å². The maximum Gasteiger partial charge on any atom is 2.00 e. The van der Waals surface area contributed by atoms with Gasteiger partial charge in [-0.3, -0.25) is 19.9 Å². The number of para-hydroxylation sites is 3. The second kappa shape index (κ2) is 24.3. The van der Waals surface area contributed by atoms with Crippen LogP contribution in [0.5, 0.6) is 23.0 Å². The minimum absolute atomic E-state index is 0. The first kappa shape index (κ1) is 58.2. The van der Waals surface area contributed by atoms with Crippen molar-refractivity contribution in [3.05, 3.63) is 242 Å². The van der Waals surface area contributed by atoms with Gasteiger partial charge in [0.1, 0.15) is 0 Å². The Balaban J connectivity index is 0.000000156. The fourth-order valence-electron chi connectivity index (χ4n) is 12.2. The van der Waals surface area contributed by atoms with E-state index in [0.29, 0.717) is 23.0 Å². The summed E-state index contributed by atoms with van der Waals surface area (Å²) in [7, 11) is 0. The van der Waals surface area contributed by atoms with Gasteiger partial charge in [0.2, 0.25) is 0 Å². The van der Waals surface area contributed by atoms with Crippen molar-refractivity contribution in [1.29, 1.82) is 0 Å². The van der Waals surface area contributed by atoms with Crippen LogP contribution >= 0.6 is 0 Å². The predicted octanol–water partition coefficient (Wildman–Crippen LogP) is 19.4. The molecule has 8 aromatic heterocycles. The molecule has 0 radical (unpaired) electrons. The van der Waals surface area contributed by atoms with Gasteiger partial charge >= 0.3 is 42.1 Å². The summed E-state index contributed by atoms with van der Waals surface area (Å²) in [5, 5.41) is 12.7. The number of fused-ring (bicyclic) bond motifs is 24. The number of aryl methyl sites for hydroxylation is 3. The summed E-state index contributed by atoms with van der Waals surface area (Å²) in [6.07, 6.45) is 17.8. The number of ether oxygens (including phenoxy) is 2. The first-order valence-corrected chi connectivity index (χ1v) is 29.0. The molecule has 17 aromatic rings. The van der Waals surface area contributed by atoms with Crippen LogP contribution in [0.1, 0.15) is 57.2 Å². The second-order valence-electron chi connectivity index (χ2n) is 21.6. The second-order valence-corrected chi connectivity index (χ2v) is 21.6. The van der Waals surface area contributed by atoms with Crippen LogP contribution in [0.25, 0.3) is 120 Å². The van der Waals surface area contributed by atoms with Gasteiger partial charge in [-0.2, -0.15) is 0 Å². The average Bonchev–Trinajstić information content (AvgIpc) is 2.23. The predicted molar refractivity (Wildman–Crippen MR) is 348 cm³/mol. The Morgan fingerprint density at radius 3 is 0.966 bits per heavy atom. The summed E-state index contributed by atoms with van der Waals surface area (Å²) < 4.78 is 21.1. The SMILES string of the molecule is CCC.CCC.Cc1cc(C)c(-c2ccc3c4ccc(Oc5[c-]c6c(cc5)c5ccccc5n5ccnc65)[c-]c4c4nccn4c3c2)c(C)c1.[Pt+2].[Pt+2].[c-]1c(Oc2[c-]c3c(cc2)c2ccccc2n2ccnc32)ccc2c1c1nccn1c1ccccc21. The van der Waals surface area contributed by atoms with Gasteiger partial charge in [-0.15, -0.1) is 24.3 Å². The van der Waals surface area contributed by atoms with Crippen LogP contribution in [0.2, 0.25) is 0 Å². The molecule has 87 heavy (non-hydrogen) atoms. The van der Waals surface area contributed by atoms with Gasteiger partial charge in [0, 0.05) is 94.6 Å². The van der Waals surface area contributed by atoms with Crippen molar-refractivity contribution in [3.63, 3.8) is 0 Å². The summed E-state index contributed by atoms with van der Waals surface area (Å²) >= 11 is 0. The molecule has 9 aromatic carbocycles. The maximum absolute atomic E-state index is 6.40. The molecule has 0 aliphatic carbocycles. The smallest absolute Gasteiger partial charge is 0.497 e.